The molecule has 6 nitrogen and oxygen atoms in total. The standard InChI is InChI=1S/C22H21NO5/c1-3-27-20-7-5-4-6-15(20)9-11-21(25)28-13-19(24)16-8-10-18-17(12-16)14(2)22(26)23-18/h4-12,14H,3,13H2,1-2H3,(H,23,26)/b11-9+/t14-/m0/s1. The number of fused-ring (bicyclic) bond motifs is 1. The van der Waals surface area contributed by atoms with E-state index in [1.54, 1.807) is 31.2 Å². The fourth-order valence-corrected chi connectivity index (χ4v) is 2.92. The quantitative estimate of drug-likeness (QED) is 0.452. The maximum Gasteiger partial charge on any atom is 0.331 e. The lowest BCUT2D eigenvalue weighted by molar-refractivity contribution is -0.136. The van der Waals surface area contributed by atoms with Gasteiger partial charge in [0.2, 0.25) is 5.91 Å². The summed E-state index contributed by atoms with van der Waals surface area (Å²) in [5.41, 5.74) is 2.63. The van der Waals surface area contributed by atoms with Crippen LogP contribution in [0.25, 0.3) is 6.08 Å². The van der Waals surface area contributed by atoms with E-state index in [9.17, 15) is 14.4 Å². The third kappa shape index (κ3) is 4.28. The number of carbonyl (C=O) groups excluding carboxylic acids is 3. The van der Waals surface area contributed by atoms with Gasteiger partial charge < -0.3 is 14.8 Å². The van der Waals surface area contributed by atoms with Crippen LogP contribution in [0.1, 0.15) is 41.3 Å². The maximum absolute atomic E-state index is 12.3. The Kier molecular flexibility index (Phi) is 5.89. The number of Topliss-reactive ketones (excluding diaryl/α,β-unsaturated/α-hetero) is 1. The summed E-state index contributed by atoms with van der Waals surface area (Å²) < 4.78 is 10.5. The molecule has 1 aliphatic rings. The number of ether oxygens (including phenoxy) is 2. The van der Waals surface area contributed by atoms with Gasteiger partial charge in [-0.25, -0.2) is 4.79 Å². The Morgan fingerprint density at radius 3 is 2.75 bits per heavy atom. The molecule has 0 bridgehead atoms. The molecule has 0 fully saturated rings. The van der Waals surface area contributed by atoms with E-state index in [4.69, 9.17) is 9.47 Å². The fourth-order valence-electron chi connectivity index (χ4n) is 2.92. The normalized spacial score (nSPS) is 15.2. The number of hydrogen-bond donors (Lipinski definition) is 1. The van der Waals surface area contributed by atoms with Crippen molar-refractivity contribution in [3.05, 3.63) is 65.2 Å². The van der Waals surface area contributed by atoms with E-state index in [1.165, 1.54) is 6.08 Å². The average molecular weight is 379 g/mol. The molecule has 1 amide bonds. The summed E-state index contributed by atoms with van der Waals surface area (Å²) in [5.74, 6) is -0.681. The van der Waals surface area contributed by atoms with Crippen molar-refractivity contribution in [2.45, 2.75) is 19.8 Å². The summed E-state index contributed by atoms with van der Waals surface area (Å²) >= 11 is 0. The highest BCUT2D eigenvalue weighted by Gasteiger charge is 2.27. The van der Waals surface area contributed by atoms with E-state index in [1.807, 2.05) is 31.2 Å². The molecule has 144 valence electrons. The number of rotatable bonds is 7. The first-order valence-corrected chi connectivity index (χ1v) is 9.04. The van der Waals surface area contributed by atoms with Crippen LogP contribution in [0, 0.1) is 0 Å². The number of anilines is 1. The summed E-state index contributed by atoms with van der Waals surface area (Å²) in [6.45, 7) is 3.81. The van der Waals surface area contributed by atoms with Gasteiger partial charge >= 0.3 is 5.97 Å². The van der Waals surface area contributed by atoms with Crippen LogP contribution >= 0.6 is 0 Å². The molecular formula is C22H21NO5. The molecule has 0 aromatic heterocycles. The van der Waals surface area contributed by atoms with Gasteiger partial charge in [-0.3, -0.25) is 9.59 Å². The highest BCUT2D eigenvalue weighted by Crippen LogP contribution is 2.32. The van der Waals surface area contributed by atoms with Gasteiger partial charge in [0.1, 0.15) is 5.75 Å². The van der Waals surface area contributed by atoms with Crippen LogP contribution < -0.4 is 10.1 Å². The molecule has 2 aromatic carbocycles. The van der Waals surface area contributed by atoms with Crippen molar-refractivity contribution in [3.63, 3.8) is 0 Å². The van der Waals surface area contributed by atoms with E-state index in [0.717, 1.165) is 11.1 Å². The lowest BCUT2D eigenvalue weighted by atomic mass is 9.99. The molecule has 28 heavy (non-hydrogen) atoms. The van der Waals surface area contributed by atoms with Crippen LogP contribution in [0.15, 0.2) is 48.5 Å². The largest absolute Gasteiger partial charge is 0.493 e. The van der Waals surface area contributed by atoms with E-state index >= 15 is 0 Å². The Balaban J connectivity index is 1.60. The van der Waals surface area contributed by atoms with Crippen molar-refractivity contribution in [1.29, 1.82) is 0 Å². The smallest absolute Gasteiger partial charge is 0.331 e. The first-order valence-electron chi connectivity index (χ1n) is 9.04. The Labute approximate surface area is 163 Å². The number of nitrogens with one attached hydrogen (secondary N) is 1. The highest BCUT2D eigenvalue weighted by molar-refractivity contribution is 6.05. The Morgan fingerprint density at radius 1 is 1.18 bits per heavy atom. The summed E-state index contributed by atoms with van der Waals surface area (Å²) in [4.78, 5) is 36.0. The predicted molar refractivity (Wildman–Crippen MR) is 105 cm³/mol. The van der Waals surface area contributed by atoms with Gasteiger partial charge in [-0.05, 0) is 49.8 Å². The Hall–Kier alpha value is -3.41. The summed E-state index contributed by atoms with van der Waals surface area (Å²) in [6.07, 6.45) is 2.85. The molecule has 0 unspecified atom stereocenters. The van der Waals surface area contributed by atoms with Crippen LogP contribution in [0.5, 0.6) is 5.75 Å². The zero-order valence-corrected chi connectivity index (χ0v) is 15.7. The second-order valence-corrected chi connectivity index (χ2v) is 6.35. The number of hydrogen-bond acceptors (Lipinski definition) is 5. The molecule has 2 aromatic rings. The average Bonchev–Trinajstić information content (AvgIpc) is 2.99. The number of ketones is 1. The van der Waals surface area contributed by atoms with Gasteiger partial charge in [-0.15, -0.1) is 0 Å². The first-order chi connectivity index (χ1) is 13.5. The second kappa shape index (κ2) is 8.52. The molecule has 0 saturated heterocycles. The summed E-state index contributed by atoms with van der Waals surface area (Å²) in [5, 5.41) is 2.75. The Bertz CT molecular complexity index is 948. The molecule has 0 aliphatic carbocycles. The fraction of sp³-hybridized carbons (Fsp3) is 0.227. The minimum Gasteiger partial charge on any atom is -0.493 e. The maximum atomic E-state index is 12.3. The molecule has 0 radical (unpaired) electrons. The number of esters is 1. The minimum atomic E-state index is -0.619. The van der Waals surface area contributed by atoms with E-state index in [0.29, 0.717) is 23.6 Å². The number of para-hydroxylation sites is 1. The van der Waals surface area contributed by atoms with Gasteiger partial charge in [0, 0.05) is 22.9 Å². The first kappa shape index (κ1) is 19.4. The lowest BCUT2D eigenvalue weighted by Gasteiger charge is -2.07. The third-order valence-electron chi connectivity index (χ3n) is 4.45. The monoisotopic (exact) mass is 379 g/mol. The van der Waals surface area contributed by atoms with Crippen molar-refractivity contribution in [2.24, 2.45) is 0 Å². The van der Waals surface area contributed by atoms with E-state index in [2.05, 4.69) is 5.32 Å². The van der Waals surface area contributed by atoms with Gasteiger partial charge in [0.25, 0.3) is 0 Å². The molecule has 0 saturated carbocycles. The van der Waals surface area contributed by atoms with E-state index < -0.39 is 5.97 Å². The molecule has 1 aliphatic heterocycles. The summed E-state index contributed by atoms with van der Waals surface area (Å²) in [6, 6.07) is 12.3. The molecular weight excluding hydrogens is 358 g/mol. The van der Waals surface area contributed by atoms with Crippen molar-refractivity contribution in [2.75, 3.05) is 18.5 Å². The SMILES string of the molecule is CCOc1ccccc1/C=C/C(=O)OCC(=O)c1ccc2c(c1)[C@H](C)C(=O)N2. The lowest BCUT2D eigenvalue weighted by Crippen LogP contribution is -2.13. The Morgan fingerprint density at radius 2 is 1.96 bits per heavy atom. The highest BCUT2D eigenvalue weighted by atomic mass is 16.5. The zero-order chi connectivity index (χ0) is 20.1. The summed E-state index contributed by atoms with van der Waals surface area (Å²) in [7, 11) is 0. The van der Waals surface area contributed by atoms with E-state index in [-0.39, 0.29) is 24.2 Å². The van der Waals surface area contributed by atoms with Crippen molar-refractivity contribution in [3.8, 4) is 5.75 Å². The molecule has 0 spiro atoms. The molecule has 1 N–H and O–H groups in total. The molecule has 1 heterocycles. The zero-order valence-electron chi connectivity index (χ0n) is 15.7. The van der Waals surface area contributed by atoms with Crippen LogP contribution in [-0.2, 0) is 14.3 Å². The predicted octanol–water partition coefficient (Wildman–Crippen LogP) is 3.58. The number of carbonyl (C=O) groups is 3. The molecule has 1 atom stereocenters. The molecule has 3 rings (SSSR count). The van der Waals surface area contributed by atoms with Crippen molar-refractivity contribution < 1.29 is 23.9 Å². The van der Waals surface area contributed by atoms with Crippen molar-refractivity contribution in [1.82, 2.24) is 0 Å². The topological polar surface area (TPSA) is 81.7 Å². The van der Waals surface area contributed by atoms with Crippen LogP contribution in [0.2, 0.25) is 0 Å². The number of amides is 1. The van der Waals surface area contributed by atoms with Gasteiger partial charge in [0.05, 0.1) is 12.5 Å². The van der Waals surface area contributed by atoms with Gasteiger partial charge in [-0.2, -0.15) is 0 Å². The van der Waals surface area contributed by atoms with Crippen LogP contribution in [-0.4, -0.2) is 30.9 Å². The third-order valence-corrected chi connectivity index (χ3v) is 4.45. The second-order valence-electron chi connectivity index (χ2n) is 6.35. The van der Waals surface area contributed by atoms with Gasteiger partial charge in [-0.1, -0.05) is 18.2 Å². The number of benzene rings is 2. The van der Waals surface area contributed by atoms with Gasteiger partial charge in [0.15, 0.2) is 12.4 Å². The molecule has 6 heteroatoms. The van der Waals surface area contributed by atoms with Crippen LogP contribution in [0.4, 0.5) is 5.69 Å². The van der Waals surface area contributed by atoms with Crippen LogP contribution in [0.3, 0.4) is 0 Å². The minimum absolute atomic E-state index is 0.0940. The van der Waals surface area contributed by atoms with Crippen molar-refractivity contribution >= 4 is 29.4 Å².